The highest BCUT2D eigenvalue weighted by atomic mass is 35.5. The number of aromatic nitrogens is 2. The van der Waals surface area contributed by atoms with Gasteiger partial charge in [0.05, 0.1) is 24.4 Å². The number of benzene rings is 1. The van der Waals surface area contributed by atoms with Gasteiger partial charge in [-0.2, -0.15) is 0 Å². The van der Waals surface area contributed by atoms with Crippen molar-refractivity contribution in [1.29, 1.82) is 0 Å². The SMILES string of the molecule is COCC(C)N(C(=O)c1nc[nH]c1C(N)=O)[C@H]1CC[C@@]2(CCN(c3cccc(Cl)c3)C2=O)CC1. The summed E-state index contributed by atoms with van der Waals surface area (Å²) in [7, 11) is 1.58. The highest BCUT2D eigenvalue weighted by Crippen LogP contribution is 2.47. The molecule has 1 saturated heterocycles. The van der Waals surface area contributed by atoms with Crippen LogP contribution in [0.15, 0.2) is 30.6 Å². The van der Waals surface area contributed by atoms with Gasteiger partial charge in [0.15, 0.2) is 5.69 Å². The van der Waals surface area contributed by atoms with Crippen LogP contribution in [-0.4, -0.2) is 64.9 Å². The second-order valence-electron chi connectivity index (χ2n) is 9.21. The van der Waals surface area contributed by atoms with Gasteiger partial charge in [-0.1, -0.05) is 17.7 Å². The van der Waals surface area contributed by atoms with Crippen LogP contribution in [0.2, 0.25) is 5.02 Å². The number of amides is 3. The Morgan fingerprint density at radius 2 is 2.09 bits per heavy atom. The number of aromatic amines is 1. The van der Waals surface area contributed by atoms with Crippen molar-refractivity contribution in [1.82, 2.24) is 14.9 Å². The highest BCUT2D eigenvalue weighted by molar-refractivity contribution is 6.31. The molecule has 1 aromatic heterocycles. The molecule has 1 aliphatic carbocycles. The van der Waals surface area contributed by atoms with Gasteiger partial charge < -0.3 is 25.3 Å². The van der Waals surface area contributed by atoms with E-state index < -0.39 is 11.3 Å². The van der Waals surface area contributed by atoms with Gasteiger partial charge in [0.1, 0.15) is 5.69 Å². The van der Waals surface area contributed by atoms with Crippen LogP contribution in [0.3, 0.4) is 0 Å². The summed E-state index contributed by atoms with van der Waals surface area (Å²) in [4.78, 5) is 49.0. The Morgan fingerprint density at radius 3 is 2.74 bits per heavy atom. The lowest BCUT2D eigenvalue weighted by Gasteiger charge is -2.43. The molecule has 2 heterocycles. The second kappa shape index (κ2) is 9.76. The van der Waals surface area contributed by atoms with E-state index in [0.717, 1.165) is 12.1 Å². The Kier molecular flexibility index (Phi) is 6.95. The van der Waals surface area contributed by atoms with E-state index in [1.165, 1.54) is 6.33 Å². The van der Waals surface area contributed by atoms with Crippen LogP contribution in [0.4, 0.5) is 5.69 Å². The van der Waals surface area contributed by atoms with E-state index in [2.05, 4.69) is 9.97 Å². The molecular weight excluding hydrogens is 458 g/mol. The summed E-state index contributed by atoms with van der Waals surface area (Å²) in [5, 5.41) is 0.602. The van der Waals surface area contributed by atoms with Crippen LogP contribution < -0.4 is 10.6 Å². The maximum atomic E-state index is 13.5. The number of rotatable bonds is 7. The Labute approximate surface area is 203 Å². The molecule has 3 amide bonds. The van der Waals surface area contributed by atoms with Crippen molar-refractivity contribution in [2.75, 3.05) is 25.2 Å². The maximum absolute atomic E-state index is 13.5. The fourth-order valence-electron chi connectivity index (χ4n) is 5.42. The molecular formula is C24H30ClN5O4. The second-order valence-corrected chi connectivity index (χ2v) is 9.64. The van der Waals surface area contributed by atoms with Gasteiger partial charge >= 0.3 is 0 Å². The van der Waals surface area contributed by atoms with E-state index in [4.69, 9.17) is 22.1 Å². The van der Waals surface area contributed by atoms with Crippen LogP contribution in [0, 0.1) is 5.41 Å². The molecule has 0 bridgehead atoms. The minimum atomic E-state index is -0.736. The van der Waals surface area contributed by atoms with Crippen LogP contribution in [0.25, 0.3) is 0 Å². The zero-order chi connectivity index (χ0) is 24.5. The number of H-pyrrole nitrogens is 1. The molecule has 2 fully saturated rings. The van der Waals surface area contributed by atoms with Crippen LogP contribution >= 0.6 is 11.6 Å². The molecule has 182 valence electrons. The first-order valence-electron chi connectivity index (χ1n) is 11.5. The number of hydrogen-bond donors (Lipinski definition) is 2. The molecule has 1 saturated carbocycles. The molecule has 3 N–H and O–H groups in total. The van der Waals surface area contributed by atoms with E-state index in [1.807, 2.05) is 30.0 Å². The van der Waals surface area contributed by atoms with E-state index in [-0.39, 0.29) is 35.3 Å². The monoisotopic (exact) mass is 487 g/mol. The summed E-state index contributed by atoms with van der Waals surface area (Å²) in [5.74, 6) is -0.973. The molecule has 1 atom stereocenters. The first kappa shape index (κ1) is 24.2. The predicted octanol–water partition coefficient (Wildman–Crippen LogP) is 3.01. The minimum absolute atomic E-state index is 0.00460. The van der Waals surface area contributed by atoms with E-state index in [9.17, 15) is 14.4 Å². The number of carbonyl (C=O) groups is 3. The highest BCUT2D eigenvalue weighted by Gasteiger charge is 2.50. The molecule has 1 aliphatic heterocycles. The van der Waals surface area contributed by atoms with Gasteiger partial charge in [0.2, 0.25) is 5.91 Å². The molecule has 1 unspecified atom stereocenters. The van der Waals surface area contributed by atoms with Gasteiger partial charge in [-0.3, -0.25) is 14.4 Å². The van der Waals surface area contributed by atoms with Crippen molar-refractivity contribution in [3.8, 4) is 0 Å². The summed E-state index contributed by atoms with van der Waals surface area (Å²) in [5.41, 5.74) is 5.82. The van der Waals surface area contributed by atoms with Crippen LogP contribution in [0.5, 0.6) is 0 Å². The fraction of sp³-hybridized carbons (Fsp3) is 0.500. The zero-order valence-corrected chi connectivity index (χ0v) is 20.2. The Bertz CT molecular complexity index is 1080. The van der Waals surface area contributed by atoms with Crippen LogP contribution in [-0.2, 0) is 9.53 Å². The van der Waals surface area contributed by atoms with E-state index in [0.29, 0.717) is 43.9 Å². The lowest BCUT2D eigenvalue weighted by Crippen LogP contribution is -2.51. The summed E-state index contributed by atoms with van der Waals surface area (Å²) >= 11 is 6.14. The normalized spacial score (nSPS) is 23.3. The zero-order valence-electron chi connectivity index (χ0n) is 19.4. The van der Waals surface area contributed by atoms with Crippen molar-refractivity contribution in [3.63, 3.8) is 0 Å². The number of anilines is 1. The molecule has 34 heavy (non-hydrogen) atoms. The molecule has 0 radical (unpaired) electrons. The number of halogens is 1. The number of imidazole rings is 1. The van der Waals surface area contributed by atoms with Crippen LogP contribution in [0.1, 0.15) is 60.0 Å². The summed E-state index contributed by atoms with van der Waals surface area (Å²) < 4.78 is 5.32. The summed E-state index contributed by atoms with van der Waals surface area (Å²) in [6, 6.07) is 7.02. The van der Waals surface area contributed by atoms with Gasteiger partial charge in [0.25, 0.3) is 11.8 Å². The fourth-order valence-corrected chi connectivity index (χ4v) is 5.61. The average Bonchev–Trinajstić information content (AvgIpc) is 3.42. The number of ether oxygens (including phenoxy) is 1. The van der Waals surface area contributed by atoms with E-state index >= 15 is 0 Å². The third-order valence-corrected chi connectivity index (χ3v) is 7.38. The van der Waals surface area contributed by atoms with Crippen molar-refractivity contribution >= 4 is 35.0 Å². The van der Waals surface area contributed by atoms with Crippen molar-refractivity contribution in [2.45, 2.75) is 51.1 Å². The molecule has 1 spiro atoms. The van der Waals surface area contributed by atoms with Gasteiger partial charge in [-0.25, -0.2) is 4.98 Å². The van der Waals surface area contributed by atoms with Gasteiger partial charge in [0, 0.05) is 30.4 Å². The van der Waals surface area contributed by atoms with Crippen molar-refractivity contribution in [2.24, 2.45) is 11.1 Å². The first-order valence-corrected chi connectivity index (χ1v) is 11.9. The quantitative estimate of drug-likeness (QED) is 0.621. The Morgan fingerprint density at radius 1 is 1.35 bits per heavy atom. The summed E-state index contributed by atoms with van der Waals surface area (Å²) in [6.45, 7) is 2.90. The molecule has 9 nitrogen and oxygen atoms in total. The number of primary amides is 1. The molecule has 10 heteroatoms. The van der Waals surface area contributed by atoms with Gasteiger partial charge in [-0.05, 0) is 57.2 Å². The number of nitrogens with one attached hydrogen (secondary N) is 1. The topological polar surface area (TPSA) is 122 Å². The lowest BCUT2D eigenvalue weighted by atomic mass is 9.71. The average molecular weight is 488 g/mol. The Balaban J connectivity index is 1.52. The predicted molar refractivity (Wildman–Crippen MR) is 128 cm³/mol. The Hall–Kier alpha value is -2.91. The standard InChI is InChI=1S/C24H30ClN5O4/c1-15(13-34-2)30(22(32)20-19(21(26)31)27-14-28-20)17-6-8-24(9-7-17)10-11-29(23(24)33)18-5-3-4-16(25)12-18/h3-5,12,14-15,17H,6-11,13H2,1-2H3,(H2,26,31)(H,27,28)/t15?,17-,24-. The number of carbonyl (C=O) groups excluding carboxylic acids is 3. The third kappa shape index (κ3) is 4.42. The maximum Gasteiger partial charge on any atom is 0.275 e. The van der Waals surface area contributed by atoms with Crippen molar-refractivity contribution in [3.05, 3.63) is 47.0 Å². The first-order chi connectivity index (χ1) is 16.3. The van der Waals surface area contributed by atoms with Gasteiger partial charge in [-0.15, -0.1) is 0 Å². The third-order valence-electron chi connectivity index (χ3n) is 7.14. The lowest BCUT2D eigenvalue weighted by molar-refractivity contribution is -0.127. The number of methoxy groups -OCH3 is 1. The van der Waals surface area contributed by atoms with Crippen molar-refractivity contribution < 1.29 is 19.1 Å². The number of nitrogens with zero attached hydrogens (tertiary/aromatic N) is 3. The minimum Gasteiger partial charge on any atom is -0.383 e. The molecule has 4 rings (SSSR count). The number of hydrogen-bond acceptors (Lipinski definition) is 5. The molecule has 2 aromatic rings. The largest absolute Gasteiger partial charge is 0.383 e. The molecule has 1 aromatic carbocycles. The molecule has 2 aliphatic rings. The number of nitrogens with two attached hydrogens (primary N) is 1. The smallest absolute Gasteiger partial charge is 0.275 e. The summed E-state index contributed by atoms with van der Waals surface area (Å²) in [6.07, 6.45) is 4.78. The van der Waals surface area contributed by atoms with E-state index in [1.54, 1.807) is 18.1 Å².